The van der Waals surface area contributed by atoms with E-state index in [1.807, 2.05) is 0 Å². The average Bonchev–Trinajstić information content (AvgIpc) is 2.72. The van der Waals surface area contributed by atoms with E-state index in [9.17, 15) is 92.2 Å². The molecule has 0 aliphatic carbocycles. The van der Waals surface area contributed by atoms with Crippen molar-refractivity contribution in [3.05, 3.63) is 0 Å². The number of alkyl halides is 21. The third-order valence-electron chi connectivity index (χ3n) is 4.65. The van der Waals surface area contributed by atoms with Gasteiger partial charge in [0.2, 0.25) is 0 Å². The number of hydrogen-bond donors (Lipinski definition) is 0. The Bertz CT molecular complexity index is 644. The van der Waals surface area contributed by atoms with E-state index in [4.69, 9.17) is 0 Å². The van der Waals surface area contributed by atoms with Crippen molar-refractivity contribution in [2.24, 2.45) is 0 Å². The Morgan fingerprint density at radius 1 is 0.389 bits per heavy atom. The molecule has 0 heterocycles. The predicted molar refractivity (Wildman–Crippen MR) is 75.1 cm³/mol. The maximum atomic E-state index is 14.5. The van der Waals surface area contributed by atoms with Crippen LogP contribution in [0.4, 0.5) is 92.2 Å². The Morgan fingerprint density at radius 3 is 0.667 bits per heavy atom. The van der Waals surface area contributed by atoms with Crippen LogP contribution in [0, 0.1) is 0 Å². The minimum atomic E-state index is -10.2. The average molecular weight is 699 g/mol. The zero-order valence-electron chi connectivity index (χ0n) is 16.3. The van der Waals surface area contributed by atoms with Crippen LogP contribution in [0.15, 0.2) is 0 Å². The fraction of sp³-hybridized carbons (Fsp3) is 1.00. The molecular weight excluding hydrogens is 690 g/mol. The normalized spacial score (nSPS) is 19.6. The summed E-state index contributed by atoms with van der Waals surface area (Å²) in [6.45, 7) is 0. The molecule has 1 nitrogen and oxygen atoms in total. The second-order valence-electron chi connectivity index (χ2n) is 6.79. The first-order chi connectivity index (χ1) is 15.6. The molecule has 0 rings (SSSR count). The monoisotopic (exact) mass is 700 g/mol. The maximum absolute atomic E-state index is 14.5. The molecule has 0 saturated carbocycles. The number of rotatable bonds is 13. The van der Waals surface area contributed by atoms with Gasteiger partial charge in [-0.2, -0.15) is 0 Å². The Kier molecular flexibility index (Phi) is 10.2. The van der Waals surface area contributed by atoms with E-state index in [1.165, 1.54) is 0 Å². The summed E-state index contributed by atoms with van der Waals surface area (Å²) in [6.07, 6.45) is -17.6. The summed E-state index contributed by atoms with van der Waals surface area (Å²) in [5.41, 5.74) is 0. The molecule has 36 heavy (non-hydrogen) atoms. The Labute approximate surface area is 189 Å². The van der Waals surface area contributed by atoms with Gasteiger partial charge in [-0.25, -0.2) is 0 Å². The zero-order valence-corrected chi connectivity index (χ0v) is 19.2. The Hall–Kier alpha value is -0.711. The predicted octanol–water partition coefficient (Wildman–Crippen LogP) is 6.82. The van der Waals surface area contributed by atoms with E-state index in [-0.39, 0.29) is 0 Å². The molecule has 0 fully saturated rings. The van der Waals surface area contributed by atoms with Gasteiger partial charge in [0.1, 0.15) is 0 Å². The summed E-state index contributed by atoms with van der Waals surface area (Å²) < 4.78 is 263. The van der Waals surface area contributed by atoms with Crippen LogP contribution < -0.4 is 0 Å². The molecule has 0 bridgehead atoms. The van der Waals surface area contributed by atoms with Gasteiger partial charge in [-0.05, 0) is 0 Å². The van der Waals surface area contributed by atoms with Crippen molar-refractivity contribution in [2.75, 3.05) is 7.11 Å². The summed E-state index contributed by atoms with van der Waals surface area (Å²) >= 11 is -10.2. The van der Waals surface area contributed by atoms with Crippen LogP contribution in [0.3, 0.4) is 0 Å². The van der Waals surface area contributed by atoms with E-state index >= 15 is 0 Å². The van der Waals surface area contributed by atoms with Crippen molar-refractivity contribution < 1.29 is 95.3 Å². The molecule has 0 saturated heterocycles. The summed E-state index contributed by atoms with van der Waals surface area (Å²) in [7, 11) is -0.897. The summed E-state index contributed by atoms with van der Waals surface area (Å²) in [4.78, 5) is 0. The van der Waals surface area contributed by atoms with E-state index in [0.717, 1.165) is 0 Å². The van der Waals surface area contributed by atoms with Crippen molar-refractivity contribution >= 4 is 18.8 Å². The number of halogens is 21. The van der Waals surface area contributed by atoms with Gasteiger partial charge in [-0.15, -0.1) is 0 Å². The molecule has 0 aliphatic heterocycles. The van der Waals surface area contributed by atoms with E-state index < -0.39 is 93.3 Å². The van der Waals surface area contributed by atoms with Crippen molar-refractivity contribution in [1.29, 1.82) is 0 Å². The van der Waals surface area contributed by atoms with Gasteiger partial charge in [0, 0.05) is 0 Å². The Morgan fingerprint density at radius 2 is 0.556 bits per heavy atom. The van der Waals surface area contributed by atoms with Crippen molar-refractivity contribution in [3.63, 3.8) is 0 Å². The Balaban J connectivity index is 7.63. The molecule has 218 valence electrons. The summed E-state index contributed by atoms with van der Waals surface area (Å²) in [5, 5.41) is 0. The molecule has 0 spiro atoms. The van der Waals surface area contributed by atoms with Crippen LogP contribution in [0.2, 0.25) is 0 Å². The minimum absolute atomic E-state index is 0.897. The molecule has 0 aromatic carbocycles. The summed E-state index contributed by atoms with van der Waals surface area (Å²) in [5.74, 6) is -44.8. The molecular formula is C13H9F21OSn. The molecule has 0 N–H and O–H groups in total. The van der Waals surface area contributed by atoms with Crippen molar-refractivity contribution in [3.8, 4) is 0 Å². The third-order valence-corrected chi connectivity index (χ3v) is 16.6. The van der Waals surface area contributed by atoms with Crippen LogP contribution in [0.1, 0.15) is 0 Å². The van der Waals surface area contributed by atoms with Gasteiger partial charge >= 0.3 is 189 Å². The molecule has 3 unspecified atom stereocenters. The fourth-order valence-electron chi connectivity index (χ4n) is 2.49. The summed E-state index contributed by atoms with van der Waals surface area (Å²) in [6, 6.07) is 0. The van der Waals surface area contributed by atoms with E-state index in [0.29, 0.717) is 0 Å². The first-order valence-electron chi connectivity index (χ1n) is 8.19. The van der Waals surface area contributed by atoms with E-state index in [2.05, 4.69) is 3.07 Å². The topological polar surface area (TPSA) is 9.23 Å². The molecule has 3 atom stereocenters. The zero-order chi connectivity index (χ0) is 29.7. The van der Waals surface area contributed by atoms with Gasteiger partial charge in [0.05, 0.1) is 0 Å². The van der Waals surface area contributed by atoms with Crippen molar-refractivity contribution in [2.45, 2.75) is 67.4 Å². The van der Waals surface area contributed by atoms with Crippen molar-refractivity contribution in [1.82, 2.24) is 0 Å². The van der Waals surface area contributed by atoms with Crippen LogP contribution >= 0.6 is 0 Å². The molecule has 0 radical (unpaired) electrons. The van der Waals surface area contributed by atoms with Gasteiger partial charge in [0.25, 0.3) is 0 Å². The molecule has 0 amide bonds. The van der Waals surface area contributed by atoms with Gasteiger partial charge in [-0.3, -0.25) is 0 Å². The van der Waals surface area contributed by atoms with Crippen LogP contribution in [0.5, 0.6) is 0 Å². The van der Waals surface area contributed by atoms with Crippen LogP contribution in [-0.4, -0.2) is 93.3 Å². The fourth-order valence-corrected chi connectivity index (χ4v) is 13.0. The first kappa shape index (κ1) is 35.3. The second kappa shape index (κ2) is 10.5. The molecule has 0 aromatic rings. The van der Waals surface area contributed by atoms with Crippen LogP contribution in [0.25, 0.3) is 0 Å². The van der Waals surface area contributed by atoms with Crippen LogP contribution in [-0.2, 0) is 3.07 Å². The quantitative estimate of drug-likeness (QED) is 0.152. The second-order valence-corrected chi connectivity index (χ2v) is 17.2. The molecule has 0 aromatic heterocycles. The number of hydrogen-bond acceptors (Lipinski definition) is 1. The standard InChI is InChI=1S/3C4H2F7.CH3O.Sn/c3*5-1-3(8,9)4(10,11)2(6)7;1-2;/h3*1-2H;1H3;/q;;;-1;+1. The van der Waals surface area contributed by atoms with Gasteiger partial charge in [0.15, 0.2) is 0 Å². The van der Waals surface area contributed by atoms with Gasteiger partial charge in [-0.1, -0.05) is 0 Å². The first-order valence-corrected chi connectivity index (χ1v) is 14.3. The molecule has 23 heteroatoms. The van der Waals surface area contributed by atoms with E-state index in [1.54, 1.807) is 0 Å². The SMILES string of the molecule is C[O][Sn]([CH](F)C(F)(F)C(F)(F)C(F)F)([CH](F)C(F)(F)C(F)(F)C(F)F)[CH](F)C(F)(F)C(F)(F)C(F)F. The molecule has 0 aliphatic rings. The van der Waals surface area contributed by atoms with Gasteiger partial charge < -0.3 is 0 Å². The third kappa shape index (κ3) is 5.00.